The van der Waals surface area contributed by atoms with Crippen LogP contribution >= 0.6 is 0 Å². The standard InChI is InChI=1S/C20H19N3O4/c24-17-10-11-18(25)23(17)16(8-1-2-9-19(26)27)14-6-5-13-22-20(14)15-7-3-4-12-21-15/h3-7,10-13,16H,1-2,8-9H2,(H,26,27). The fraction of sp³-hybridized carbons (Fsp3) is 0.250. The normalized spacial score (nSPS) is 14.6. The monoisotopic (exact) mass is 365 g/mol. The minimum absolute atomic E-state index is 0.0486. The average molecular weight is 365 g/mol. The van der Waals surface area contributed by atoms with Gasteiger partial charge in [0.15, 0.2) is 0 Å². The Labute approximate surface area is 156 Å². The Kier molecular flexibility index (Phi) is 5.71. The van der Waals surface area contributed by atoms with Crippen molar-refractivity contribution in [2.24, 2.45) is 0 Å². The van der Waals surface area contributed by atoms with E-state index in [0.717, 1.165) is 5.56 Å². The molecule has 7 heteroatoms. The first-order chi connectivity index (χ1) is 13.1. The number of aliphatic carboxylic acids is 1. The largest absolute Gasteiger partial charge is 0.481 e. The van der Waals surface area contributed by atoms with E-state index in [4.69, 9.17) is 5.11 Å². The van der Waals surface area contributed by atoms with Crippen molar-refractivity contribution in [1.29, 1.82) is 0 Å². The molecule has 0 saturated heterocycles. The zero-order valence-corrected chi connectivity index (χ0v) is 14.6. The molecule has 3 heterocycles. The highest BCUT2D eigenvalue weighted by Gasteiger charge is 2.33. The van der Waals surface area contributed by atoms with E-state index in [9.17, 15) is 14.4 Å². The number of hydrogen-bond acceptors (Lipinski definition) is 5. The number of rotatable bonds is 8. The Morgan fingerprint density at radius 2 is 1.74 bits per heavy atom. The number of carboxylic acids is 1. The lowest BCUT2D eigenvalue weighted by Crippen LogP contribution is -2.34. The number of nitrogens with zero attached hydrogens (tertiary/aromatic N) is 3. The maximum absolute atomic E-state index is 12.3. The highest BCUT2D eigenvalue weighted by molar-refractivity contribution is 6.13. The van der Waals surface area contributed by atoms with Crippen LogP contribution in [-0.4, -0.2) is 37.8 Å². The molecule has 1 atom stereocenters. The summed E-state index contributed by atoms with van der Waals surface area (Å²) >= 11 is 0. The highest BCUT2D eigenvalue weighted by atomic mass is 16.4. The molecule has 0 bridgehead atoms. The van der Waals surface area contributed by atoms with Gasteiger partial charge in [-0.2, -0.15) is 0 Å². The first-order valence-corrected chi connectivity index (χ1v) is 8.71. The van der Waals surface area contributed by atoms with Gasteiger partial charge in [-0.15, -0.1) is 0 Å². The predicted octanol–water partition coefficient (Wildman–Crippen LogP) is 2.75. The fourth-order valence-electron chi connectivity index (χ4n) is 3.16. The summed E-state index contributed by atoms with van der Waals surface area (Å²) in [6.07, 6.45) is 7.33. The van der Waals surface area contributed by atoms with E-state index in [1.807, 2.05) is 18.2 Å². The Balaban J connectivity index is 1.94. The number of carbonyl (C=O) groups excluding carboxylic acids is 2. The average Bonchev–Trinajstić information content (AvgIpc) is 3.01. The van der Waals surface area contributed by atoms with E-state index >= 15 is 0 Å². The molecule has 1 unspecified atom stereocenters. The van der Waals surface area contributed by atoms with Crippen LogP contribution < -0.4 is 0 Å². The minimum atomic E-state index is -0.864. The first-order valence-electron chi connectivity index (χ1n) is 8.71. The molecule has 2 aromatic rings. The quantitative estimate of drug-likeness (QED) is 0.570. The molecule has 1 N–H and O–H groups in total. The maximum atomic E-state index is 12.3. The van der Waals surface area contributed by atoms with Crippen LogP contribution in [0.5, 0.6) is 0 Å². The molecule has 3 rings (SSSR count). The third-order valence-corrected chi connectivity index (χ3v) is 4.38. The van der Waals surface area contributed by atoms with Crippen LogP contribution in [0.2, 0.25) is 0 Å². The molecule has 0 fully saturated rings. The predicted molar refractivity (Wildman–Crippen MR) is 97.3 cm³/mol. The lowest BCUT2D eigenvalue weighted by molar-refractivity contribution is -0.140. The van der Waals surface area contributed by atoms with E-state index in [0.29, 0.717) is 30.7 Å². The van der Waals surface area contributed by atoms with Gasteiger partial charge in [-0.3, -0.25) is 29.3 Å². The van der Waals surface area contributed by atoms with E-state index < -0.39 is 12.0 Å². The van der Waals surface area contributed by atoms with Crippen molar-refractivity contribution in [3.63, 3.8) is 0 Å². The topological polar surface area (TPSA) is 100 Å². The molecule has 0 aliphatic carbocycles. The van der Waals surface area contributed by atoms with Crippen molar-refractivity contribution in [3.8, 4) is 11.4 Å². The molecule has 0 radical (unpaired) electrons. The Hall–Kier alpha value is -3.35. The van der Waals surface area contributed by atoms with Crippen LogP contribution in [0.3, 0.4) is 0 Å². The van der Waals surface area contributed by atoms with Gasteiger partial charge in [-0.05, 0) is 31.0 Å². The van der Waals surface area contributed by atoms with Gasteiger partial charge < -0.3 is 5.11 Å². The number of pyridine rings is 2. The first kappa shape index (κ1) is 18.4. The van der Waals surface area contributed by atoms with Crippen molar-refractivity contribution in [2.45, 2.75) is 31.7 Å². The Morgan fingerprint density at radius 1 is 1.00 bits per heavy atom. The second-order valence-corrected chi connectivity index (χ2v) is 6.19. The van der Waals surface area contributed by atoms with Gasteiger partial charge in [0.05, 0.1) is 17.4 Å². The van der Waals surface area contributed by atoms with E-state index in [2.05, 4.69) is 9.97 Å². The molecule has 1 aliphatic rings. The number of carboxylic acid groups (broad SMARTS) is 1. The van der Waals surface area contributed by atoms with Crippen molar-refractivity contribution in [1.82, 2.24) is 14.9 Å². The SMILES string of the molecule is O=C(O)CCCCC(c1cccnc1-c1ccccn1)N1C(=O)C=CC1=O. The van der Waals surface area contributed by atoms with Gasteiger partial charge in [0.2, 0.25) is 0 Å². The third kappa shape index (κ3) is 4.25. The molecule has 7 nitrogen and oxygen atoms in total. The molecule has 0 spiro atoms. The summed E-state index contributed by atoms with van der Waals surface area (Å²) in [6, 6.07) is 8.52. The van der Waals surface area contributed by atoms with E-state index in [-0.39, 0.29) is 18.2 Å². The van der Waals surface area contributed by atoms with Crippen LogP contribution in [0, 0.1) is 0 Å². The van der Waals surface area contributed by atoms with Gasteiger partial charge in [-0.25, -0.2) is 0 Å². The van der Waals surface area contributed by atoms with Crippen molar-refractivity contribution in [2.75, 3.05) is 0 Å². The third-order valence-electron chi connectivity index (χ3n) is 4.38. The maximum Gasteiger partial charge on any atom is 0.303 e. The molecule has 2 aromatic heterocycles. The summed E-state index contributed by atoms with van der Waals surface area (Å²) in [5.41, 5.74) is 1.97. The second-order valence-electron chi connectivity index (χ2n) is 6.19. The number of hydrogen-bond donors (Lipinski definition) is 1. The van der Waals surface area contributed by atoms with Crippen molar-refractivity contribution >= 4 is 17.8 Å². The van der Waals surface area contributed by atoms with Crippen LogP contribution in [0.4, 0.5) is 0 Å². The van der Waals surface area contributed by atoms with Crippen molar-refractivity contribution < 1.29 is 19.5 Å². The molecule has 138 valence electrons. The summed E-state index contributed by atoms with van der Waals surface area (Å²) < 4.78 is 0. The number of amides is 2. The van der Waals surface area contributed by atoms with Gasteiger partial charge in [0.25, 0.3) is 11.8 Å². The second kappa shape index (κ2) is 8.35. The van der Waals surface area contributed by atoms with Gasteiger partial charge in [-0.1, -0.05) is 18.6 Å². The fourth-order valence-corrected chi connectivity index (χ4v) is 3.16. The van der Waals surface area contributed by atoms with Gasteiger partial charge >= 0.3 is 5.97 Å². The molecule has 0 aromatic carbocycles. The summed E-state index contributed by atoms with van der Waals surface area (Å²) in [4.78, 5) is 45.3. The number of unbranched alkanes of at least 4 members (excludes halogenated alkanes) is 1. The van der Waals surface area contributed by atoms with Gasteiger partial charge in [0.1, 0.15) is 0 Å². The van der Waals surface area contributed by atoms with E-state index in [1.165, 1.54) is 17.1 Å². The van der Waals surface area contributed by atoms with Crippen LogP contribution in [0.25, 0.3) is 11.4 Å². The summed E-state index contributed by atoms with van der Waals surface area (Å²) in [5, 5.41) is 8.84. The molecule has 1 aliphatic heterocycles. The lowest BCUT2D eigenvalue weighted by Gasteiger charge is -2.28. The van der Waals surface area contributed by atoms with Gasteiger partial charge in [0, 0.05) is 36.5 Å². The zero-order chi connectivity index (χ0) is 19.2. The number of aromatic nitrogens is 2. The van der Waals surface area contributed by atoms with Crippen molar-refractivity contribution in [3.05, 3.63) is 60.4 Å². The number of imide groups is 1. The summed E-state index contributed by atoms with van der Waals surface area (Å²) in [7, 11) is 0. The lowest BCUT2D eigenvalue weighted by atomic mass is 9.96. The summed E-state index contributed by atoms with van der Waals surface area (Å²) in [6.45, 7) is 0. The highest BCUT2D eigenvalue weighted by Crippen LogP contribution is 2.34. The summed E-state index contributed by atoms with van der Waals surface area (Å²) in [5.74, 6) is -1.62. The molecular formula is C20H19N3O4. The Bertz CT molecular complexity index is 862. The molecule has 27 heavy (non-hydrogen) atoms. The smallest absolute Gasteiger partial charge is 0.303 e. The zero-order valence-electron chi connectivity index (χ0n) is 14.6. The molecule has 0 saturated carbocycles. The molecular weight excluding hydrogens is 346 g/mol. The van der Waals surface area contributed by atoms with Crippen LogP contribution in [0.1, 0.15) is 37.3 Å². The number of carbonyl (C=O) groups is 3. The van der Waals surface area contributed by atoms with Crippen LogP contribution in [-0.2, 0) is 14.4 Å². The van der Waals surface area contributed by atoms with Crippen LogP contribution in [0.15, 0.2) is 54.9 Å². The Morgan fingerprint density at radius 3 is 2.41 bits per heavy atom. The van der Waals surface area contributed by atoms with E-state index in [1.54, 1.807) is 24.5 Å². The molecule has 2 amide bonds. The minimum Gasteiger partial charge on any atom is -0.481 e.